The monoisotopic (exact) mass is 348 g/mol. The van der Waals surface area contributed by atoms with Crippen molar-refractivity contribution in [2.75, 3.05) is 26.2 Å². The number of nitrogens with zero attached hydrogens (tertiary/aromatic N) is 3. The highest BCUT2D eigenvalue weighted by molar-refractivity contribution is 5.91. The van der Waals surface area contributed by atoms with Gasteiger partial charge in [0.2, 0.25) is 0 Å². The molecular formula is C17H24N4O4. The van der Waals surface area contributed by atoms with Crippen molar-refractivity contribution in [2.24, 2.45) is 0 Å². The van der Waals surface area contributed by atoms with Gasteiger partial charge in [-0.3, -0.25) is 9.69 Å². The molecule has 2 aromatic rings. The lowest BCUT2D eigenvalue weighted by atomic mass is 10.1. The van der Waals surface area contributed by atoms with Crippen LogP contribution in [0.25, 0.3) is 0 Å². The number of carbonyl (C=O) groups is 1. The van der Waals surface area contributed by atoms with E-state index >= 15 is 0 Å². The maximum Gasteiger partial charge on any atom is 0.287 e. The van der Waals surface area contributed by atoms with Crippen molar-refractivity contribution in [3.8, 4) is 5.88 Å². The molecule has 1 aliphatic heterocycles. The van der Waals surface area contributed by atoms with Gasteiger partial charge in [-0.2, -0.15) is 0 Å². The van der Waals surface area contributed by atoms with Gasteiger partial charge in [0, 0.05) is 0 Å². The Labute approximate surface area is 146 Å². The van der Waals surface area contributed by atoms with Gasteiger partial charge < -0.3 is 14.5 Å². The Balaban J connectivity index is 1.46. The maximum absolute atomic E-state index is 12.2. The summed E-state index contributed by atoms with van der Waals surface area (Å²) in [4.78, 5) is 14.6. The van der Waals surface area contributed by atoms with E-state index < -0.39 is 0 Å². The van der Waals surface area contributed by atoms with Crippen LogP contribution in [-0.2, 0) is 0 Å². The molecule has 1 atom stereocenters. The molecular weight excluding hydrogens is 324 g/mol. The van der Waals surface area contributed by atoms with Crippen LogP contribution >= 0.6 is 0 Å². The zero-order chi connectivity index (χ0) is 17.6. The fraction of sp³-hybridized carbons (Fsp3) is 0.588. The summed E-state index contributed by atoms with van der Waals surface area (Å²) in [6.07, 6.45) is 3.73. The van der Waals surface area contributed by atoms with Gasteiger partial charge in [0.05, 0.1) is 12.6 Å². The Hall–Kier alpha value is -2.35. The van der Waals surface area contributed by atoms with Crippen LogP contribution in [0.4, 0.5) is 0 Å². The number of rotatable bonds is 7. The smallest absolute Gasteiger partial charge is 0.287 e. The predicted octanol–water partition coefficient (Wildman–Crippen LogP) is 2.33. The second-order valence-electron chi connectivity index (χ2n) is 6.23. The summed E-state index contributed by atoms with van der Waals surface area (Å²) < 4.78 is 15.7. The molecule has 1 saturated heterocycles. The van der Waals surface area contributed by atoms with Crippen LogP contribution in [0.2, 0.25) is 0 Å². The van der Waals surface area contributed by atoms with Gasteiger partial charge in [0.1, 0.15) is 18.1 Å². The van der Waals surface area contributed by atoms with Crippen LogP contribution in [-0.4, -0.2) is 47.4 Å². The van der Waals surface area contributed by atoms with Crippen LogP contribution in [0, 0.1) is 6.92 Å². The molecule has 0 bridgehead atoms. The first-order chi connectivity index (χ1) is 12.1. The highest BCUT2D eigenvalue weighted by atomic mass is 16.6. The van der Waals surface area contributed by atoms with Crippen molar-refractivity contribution in [1.82, 2.24) is 20.5 Å². The van der Waals surface area contributed by atoms with Gasteiger partial charge in [-0.05, 0) is 57.1 Å². The zero-order valence-electron chi connectivity index (χ0n) is 14.7. The third-order valence-electron chi connectivity index (χ3n) is 4.44. The average molecular weight is 348 g/mol. The second-order valence-corrected chi connectivity index (χ2v) is 6.23. The molecule has 0 radical (unpaired) electrons. The van der Waals surface area contributed by atoms with Crippen LogP contribution in [0.1, 0.15) is 54.2 Å². The number of amides is 1. The van der Waals surface area contributed by atoms with E-state index in [1.807, 2.05) is 6.07 Å². The van der Waals surface area contributed by atoms with Gasteiger partial charge in [-0.15, -0.1) is 0 Å². The molecule has 3 heterocycles. The Morgan fingerprint density at radius 3 is 2.84 bits per heavy atom. The van der Waals surface area contributed by atoms with Crippen LogP contribution in [0.3, 0.4) is 0 Å². The summed E-state index contributed by atoms with van der Waals surface area (Å²) in [5.74, 6) is 1.23. The van der Waals surface area contributed by atoms with E-state index in [0.717, 1.165) is 18.8 Å². The van der Waals surface area contributed by atoms with Gasteiger partial charge >= 0.3 is 0 Å². The number of hydrogen-bond acceptors (Lipinski definition) is 7. The van der Waals surface area contributed by atoms with Crippen molar-refractivity contribution in [3.05, 3.63) is 29.3 Å². The van der Waals surface area contributed by atoms with Crippen molar-refractivity contribution in [2.45, 2.75) is 39.2 Å². The Morgan fingerprint density at radius 2 is 2.12 bits per heavy atom. The summed E-state index contributed by atoms with van der Waals surface area (Å²) >= 11 is 0. The van der Waals surface area contributed by atoms with Crippen LogP contribution < -0.4 is 10.1 Å². The second kappa shape index (κ2) is 8.15. The standard InChI is InChI=1S/C17H24N4O4/c1-12-17(20-25-19-12)23-11-8-18-16(22)15-7-6-14(24-15)13(2)21-9-4-3-5-10-21/h6-7,13H,3-5,8-11H2,1-2H3,(H,18,22)/t13-/m0/s1. The van der Waals surface area contributed by atoms with E-state index in [2.05, 4.69) is 32.1 Å². The van der Waals surface area contributed by atoms with E-state index in [9.17, 15) is 4.79 Å². The largest absolute Gasteiger partial charge is 0.472 e. The molecule has 8 heteroatoms. The summed E-state index contributed by atoms with van der Waals surface area (Å²) in [6.45, 7) is 6.63. The van der Waals surface area contributed by atoms with E-state index in [4.69, 9.17) is 9.15 Å². The number of ether oxygens (including phenoxy) is 1. The minimum Gasteiger partial charge on any atom is -0.472 e. The van der Waals surface area contributed by atoms with Crippen molar-refractivity contribution in [1.29, 1.82) is 0 Å². The summed E-state index contributed by atoms with van der Waals surface area (Å²) in [7, 11) is 0. The first-order valence-corrected chi connectivity index (χ1v) is 8.69. The molecule has 1 fully saturated rings. The van der Waals surface area contributed by atoms with Gasteiger partial charge in [0.15, 0.2) is 5.76 Å². The van der Waals surface area contributed by atoms with E-state index in [0.29, 0.717) is 23.9 Å². The highest BCUT2D eigenvalue weighted by Gasteiger charge is 2.22. The molecule has 0 spiro atoms. The van der Waals surface area contributed by atoms with Gasteiger partial charge in [-0.1, -0.05) is 11.6 Å². The highest BCUT2D eigenvalue weighted by Crippen LogP contribution is 2.25. The van der Waals surface area contributed by atoms with E-state index in [1.165, 1.54) is 19.3 Å². The van der Waals surface area contributed by atoms with E-state index in [1.54, 1.807) is 13.0 Å². The molecule has 1 aliphatic rings. The number of nitrogens with one attached hydrogen (secondary N) is 1. The molecule has 3 rings (SSSR count). The molecule has 25 heavy (non-hydrogen) atoms. The van der Waals surface area contributed by atoms with Crippen LogP contribution in [0.5, 0.6) is 5.88 Å². The third kappa shape index (κ3) is 4.39. The minimum atomic E-state index is -0.254. The third-order valence-corrected chi connectivity index (χ3v) is 4.44. The topological polar surface area (TPSA) is 93.6 Å². The lowest BCUT2D eigenvalue weighted by Gasteiger charge is -2.31. The summed E-state index contributed by atoms with van der Waals surface area (Å²) in [5, 5.41) is 9.99. The van der Waals surface area contributed by atoms with Gasteiger partial charge in [0.25, 0.3) is 11.8 Å². The predicted molar refractivity (Wildman–Crippen MR) is 89.4 cm³/mol. The maximum atomic E-state index is 12.2. The lowest BCUT2D eigenvalue weighted by Crippen LogP contribution is -2.32. The van der Waals surface area contributed by atoms with Crippen LogP contribution in [0.15, 0.2) is 21.2 Å². The zero-order valence-corrected chi connectivity index (χ0v) is 14.7. The number of hydrogen-bond donors (Lipinski definition) is 1. The molecule has 0 saturated carbocycles. The molecule has 136 valence electrons. The number of furan rings is 1. The van der Waals surface area contributed by atoms with Crippen molar-refractivity contribution in [3.63, 3.8) is 0 Å². The quantitative estimate of drug-likeness (QED) is 0.767. The normalized spacial score (nSPS) is 16.6. The van der Waals surface area contributed by atoms with Crippen molar-refractivity contribution >= 4 is 5.91 Å². The Kier molecular flexibility index (Phi) is 5.70. The first kappa shape index (κ1) is 17.5. The molecule has 0 unspecified atom stereocenters. The summed E-state index contributed by atoms with van der Waals surface area (Å²) in [6, 6.07) is 3.79. The SMILES string of the molecule is Cc1nonc1OCCNC(=O)c1ccc([C@H](C)N2CCCCC2)o1. The lowest BCUT2D eigenvalue weighted by molar-refractivity contribution is 0.0909. The molecule has 1 amide bonds. The first-order valence-electron chi connectivity index (χ1n) is 8.69. The summed E-state index contributed by atoms with van der Waals surface area (Å²) in [5.41, 5.74) is 0.578. The number of piperidine rings is 1. The number of aromatic nitrogens is 2. The number of aryl methyl sites for hydroxylation is 1. The molecule has 1 N–H and O–H groups in total. The Morgan fingerprint density at radius 1 is 1.32 bits per heavy atom. The minimum absolute atomic E-state index is 0.188. The van der Waals surface area contributed by atoms with Crippen molar-refractivity contribution < 1.29 is 18.6 Å². The fourth-order valence-electron chi connectivity index (χ4n) is 2.94. The number of likely N-dealkylation sites (tertiary alicyclic amines) is 1. The Bertz CT molecular complexity index is 690. The fourth-order valence-corrected chi connectivity index (χ4v) is 2.94. The number of carbonyl (C=O) groups excluding carboxylic acids is 1. The molecule has 0 aromatic carbocycles. The average Bonchev–Trinajstić information content (AvgIpc) is 3.28. The molecule has 8 nitrogen and oxygen atoms in total. The van der Waals surface area contributed by atoms with Gasteiger partial charge in [-0.25, -0.2) is 4.63 Å². The molecule has 0 aliphatic carbocycles. The molecule has 2 aromatic heterocycles. The van der Waals surface area contributed by atoms with E-state index in [-0.39, 0.29) is 18.6 Å².